The largest absolute Gasteiger partial charge is 0.496 e. The third kappa shape index (κ3) is 2.79. The molecule has 0 unspecified atom stereocenters. The molecule has 0 saturated heterocycles. The van der Waals surface area contributed by atoms with Crippen LogP contribution in [0.2, 0.25) is 0 Å². The zero-order chi connectivity index (χ0) is 15.7. The van der Waals surface area contributed by atoms with E-state index < -0.39 is 23.1 Å². The molecular formula is C15H14F2N2O3. The lowest BCUT2D eigenvalue weighted by Gasteiger charge is -2.09. The average molecular weight is 308 g/mol. The first-order chi connectivity index (χ1) is 10.6. The zero-order valence-electron chi connectivity index (χ0n) is 11.9. The number of benzene rings is 1. The normalized spacial score (nSPS) is 14.0. The predicted octanol–water partition coefficient (Wildman–Crippen LogP) is 2.77. The van der Waals surface area contributed by atoms with Crippen LogP contribution in [0.1, 0.15) is 40.6 Å². The Morgan fingerprint density at radius 3 is 2.91 bits per heavy atom. The molecule has 116 valence electrons. The number of hydrogen-bond donors (Lipinski definition) is 1. The van der Waals surface area contributed by atoms with E-state index in [4.69, 9.17) is 9.26 Å². The van der Waals surface area contributed by atoms with Gasteiger partial charge in [0, 0.05) is 12.0 Å². The topological polar surface area (TPSA) is 64.4 Å². The number of carbonyl (C=O) groups excluding carboxylic acids is 1. The highest BCUT2D eigenvalue weighted by Gasteiger charge is 2.28. The Hall–Kier alpha value is -2.44. The number of nitrogens with one attached hydrogen (secondary N) is 1. The van der Waals surface area contributed by atoms with Crippen LogP contribution in [0.4, 0.5) is 8.78 Å². The van der Waals surface area contributed by atoms with Crippen molar-refractivity contribution in [2.24, 2.45) is 0 Å². The number of amides is 1. The summed E-state index contributed by atoms with van der Waals surface area (Å²) in [4.78, 5) is 12.1. The number of halogens is 2. The summed E-state index contributed by atoms with van der Waals surface area (Å²) >= 11 is 0. The van der Waals surface area contributed by atoms with E-state index in [0.717, 1.165) is 24.7 Å². The molecule has 1 heterocycles. The predicted molar refractivity (Wildman–Crippen MR) is 72.6 cm³/mol. The van der Waals surface area contributed by atoms with Gasteiger partial charge in [0.1, 0.15) is 22.8 Å². The summed E-state index contributed by atoms with van der Waals surface area (Å²) in [7, 11) is 1.28. The Morgan fingerprint density at radius 2 is 2.23 bits per heavy atom. The highest BCUT2D eigenvalue weighted by atomic mass is 19.2. The molecule has 0 radical (unpaired) electrons. The van der Waals surface area contributed by atoms with Gasteiger partial charge in [0.05, 0.1) is 13.7 Å². The van der Waals surface area contributed by atoms with Crippen molar-refractivity contribution in [2.75, 3.05) is 7.11 Å². The highest BCUT2D eigenvalue weighted by molar-refractivity contribution is 5.97. The quantitative estimate of drug-likeness (QED) is 0.922. The van der Waals surface area contributed by atoms with Crippen molar-refractivity contribution in [1.82, 2.24) is 10.5 Å². The Labute approximate surface area is 125 Å². The van der Waals surface area contributed by atoms with E-state index in [0.29, 0.717) is 11.6 Å². The second kappa shape index (κ2) is 5.75. The maximum atomic E-state index is 13.8. The number of ether oxygens (including phenoxy) is 1. The van der Waals surface area contributed by atoms with Gasteiger partial charge >= 0.3 is 0 Å². The van der Waals surface area contributed by atoms with Gasteiger partial charge in [-0.2, -0.15) is 0 Å². The van der Waals surface area contributed by atoms with Crippen molar-refractivity contribution in [3.63, 3.8) is 0 Å². The first-order valence-electron chi connectivity index (χ1n) is 6.86. The molecule has 1 saturated carbocycles. The van der Waals surface area contributed by atoms with Gasteiger partial charge in [0.25, 0.3) is 5.91 Å². The minimum atomic E-state index is -1.24. The monoisotopic (exact) mass is 308 g/mol. The highest BCUT2D eigenvalue weighted by Crippen LogP contribution is 2.40. The van der Waals surface area contributed by atoms with Crippen molar-refractivity contribution >= 4 is 5.91 Å². The summed E-state index contributed by atoms with van der Waals surface area (Å²) in [5.74, 6) is -1.95. The van der Waals surface area contributed by atoms with Crippen LogP contribution < -0.4 is 10.1 Å². The van der Waals surface area contributed by atoms with Gasteiger partial charge in [-0.05, 0) is 25.0 Å². The molecule has 3 rings (SSSR count). The lowest BCUT2D eigenvalue weighted by atomic mass is 10.1. The molecule has 1 N–H and O–H groups in total. The molecule has 22 heavy (non-hydrogen) atoms. The van der Waals surface area contributed by atoms with Crippen molar-refractivity contribution in [3.05, 3.63) is 46.9 Å². The van der Waals surface area contributed by atoms with E-state index in [1.54, 1.807) is 6.07 Å². The average Bonchev–Trinajstić information content (AvgIpc) is 3.26. The molecule has 1 amide bonds. The SMILES string of the molecule is COc1ccc(F)c(F)c1C(=O)NCc1cc(C2CC2)on1. The Morgan fingerprint density at radius 1 is 1.45 bits per heavy atom. The van der Waals surface area contributed by atoms with Gasteiger partial charge < -0.3 is 14.6 Å². The van der Waals surface area contributed by atoms with Crippen molar-refractivity contribution < 1.29 is 22.8 Å². The van der Waals surface area contributed by atoms with E-state index in [9.17, 15) is 13.6 Å². The van der Waals surface area contributed by atoms with E-state index in [1.807, 2.05) is 0 Å². The number of nitrogens with zero attached hydrogens (tertiary/aromatic N) is 1. The summed E-state index contributed by atoms with van der Waals surface area (Å²) < 4.78 is 37.1. The van der Waals surface area contributed by atoms with Gasteiger partial charge in [-0.25, -0.2) is 8.78 Å². The lowest BCUT2D eigenvalue weighted by molar-refractivity contribution is 0.0941. The summed E-state index contributed by atoms with van der Waals surface area (Å²) in [5.41, 5.74) is 0.0689. The molecular weight excluding hydrogens is 294 g/mol. The van der Waals surface area contributed by atoms with Crippen molar-refractivity contribution in [3.8, 4) is 5.75 Å². The van der Waals surface area contributed by atoms with Gasteiger partial charge in [-0.1, -0.05) is 5.16 Å². The first-order valence-corrected chi connectivity index (χ1v) is 6.86. The molecule has 0 aliphatic heterocycles. The smallest absolute Gasteiger partial charge is 0.258 e. The molecule has 0 bridgehead atoms. The summed E-state index contributed by atoms with van der Waals surface area (Å²) in [6.45, 7) is 0.0637. The van der Waals surface area contributed by atoms with E-state index >= 15 is 0 Å². The number of methoxy groups -OCH3 is 1. The molecule has 1 fully saturated rings. The molecule has 0 atom stereocenters. The van der Waals surface area contributed by atoms with Gasteiger partial charge in [-0.15, -0.1) is 0 Å². The van der Waals surface area contributed by atoms with Crippen LogP contribution in [-0.4, -0.2) is 18.2 Å². The van der Waals surface area contributed by atoms with Crippen LogP contribution in [0.3, 0.4) is 0 Å². The minimum Gasteiger partial charge on any atom is -0.496 e. The van der Waals surface area contributed by atoms with Gasteiger partial charge in [-0.3, -0.25) is 4.79 Å². The Kier molecular flexibility index (Phi) is 3.79. The van der Waals surface area contributed by atoms with E-state index in [1.165, 1.54) is 13.2 Å². The van der Waals surface area contributed by atoms with Gasteiger partial charge in [0.15, 0.2) is 11.6 Å². The maximum absolute atomic E-state index is 13.8. The maximum Gasteiger partial charge on any atom is 0.258 e. The molecule has 0 spiro atoms. The summed E-state index contributed by atoms with van der Waals surface area (Å²) in [6.07, 6.45) is 2.15. The molecule has 5 nitrogen and oxygen atoms in total. The molecule has 1 aromatic carbocycles. The summed E-state index contributed by atoms with van der Waals surface area (Å²) in [5, 5.41) is 6.32. The molecule has 1 aliphatic rings. The third-order valence-electron chi connectivity index (χ3n) is 3.49. The minimum absolute atomic E-state index is 0.0322. The number of carbonyl (C=O) groups is 1. The Balaban J connectivity index is 1.72. The fourth-order valence-corrected chi connectivity index (χ4v) is 2.15. The number of aromatic nitrogens is 1. The number of rotatable bonds is 5. The Bertz CT molecular complexity index is 711. The summed E-state index contributed by atoms with van der Waals surface area (Å²) in [6, 6.07) is 3.87. The molecule has 1 aliphatic carbocycles. The van der Waals surface area contributed by atoms with Crippen LogP contribution in [0.15, 0.2) is 22.7 Å². The van der Waals surface area contributed by atoms with Crippen LogP contribution in [0.25, 0.3) is 0 Å². The number of hydrogen-bond acceptors (Lipinski definition) is 4. The fourth-order valence-electron chi connectivity index (χ4n) is 2.15. The third-order valence-corrected chi connectivity index (χ3v) is 3.49. The molecule has 2 aromatic rings. The van der Waals surface area contributed by atoms with Crippen LogP contribution >= 0.6 is 0 Å². The molecule has 1 aromatic heterocycles. The van der Waals surface area contributed by atoms with Crippen LogP contribution in [0, 0.1) is 11.6 Å². The van der Waals surface area contributed by atoms with Crippen molar-refractivity contribution in [2.45, 2.75) is 25.3 Å². The van der Waals surface area contributed by atoms with Gasteiger partial charge in [0.2, 0.25) is 0 Å². The molecule has 7 heteroatoms. The lowest BCUT2D eigenvalue weighted by Crippen LogP contribution is -2.25. The second-order valence-corrected chi connectivity index (χ2v) is 5.12. The van der Waals surface area contributed by atoms with Crippen LogP contribution in [-0.2, 0) is 6.54 Å². The zero-order valence-corrected chi connectivity index (χ0v) is 11.9. The van der Waals surface area contributed by atoms with Crippen LogP contribution in [0.5, 0.6) is 5.75 Å². The second-order valence-electron chi connectivity index (χ2n) is 5.12. The van der Waals surface area contributed by atoms with E-state index in [2.05, 4.69) is 10.5 Å². The fraction of sp³-hybridized carbons (Fsp3) is 0.333. The first kappa shape index (κ1) is 14.5. The van der Waals surface area contributed by atoms with E-state index in [-0.39, 0.29) is 12.3 Å². The van der Waals surface area contributed by atoms with Crippen molar-refractivity contribution in [1.29, 1.82) is 0 Å². The standard InChI is InChI=1S/C15H14F2N2O3/c1-21-11-5-4-10(16)14(17)13(11)15(20)18-7-9-6-12(22-19-9)8-2-3-8/h4-6,8H,2-3,7H2,1H3,(H,18,20).